The maximum Gasteiger partial charge on any atom is 0.0890 e. The lowest BCUT2D eigenvalue weighted by atomic mass is 10.0. The van der Waals surface area contributed by atoms with E-state index < -0.39 is 0 Å². The van der Waals surface area contributed by atoms with Crippen molar-refractivity contribution < 1.29 is 0 Å². The Kier molecular flexibility index (Phi) is 11.1. The summed E-state index contributed by atoms with van der Waals surface area (Å²) in [4.78, 5) is 9.51. The fraction of sp³-hybridized carbons (Fsp3) is 0.680. The second kappa shape index (κ2) is 13.7. The Balaban J connectivity index is 1.45. The van der Waals surface area contributed by atoms with Gasteiger partial charge in [-0.3, -0.25) is 0 Å². The van der Waals surface area contributed by atoms with E-state index >= 15 is 0 Å². The number of hydrogen-bond donors (Lipinski definition) is 0. The minimum absolute atomic E-state index is 1.01. The highest BCUT2D eigenvalue weighted by Gasteiger charge is 2.04. The maximum absolute atomic E-state index is 4.81. The van der Waals surface area contributed by atoms with E-state index in [-0.39, 0.29) is 0 Å². The van der Waals surface area contributed by atoms with Crippen molar-refractivity contribution in [2.45, 2.75) is 110 Å². The summed E-state index contributed by atoms with van der Waals surface area (Å²) in [6.07, 6.45) is 20.8. The van der Waals surface area contributed by atoms with Crippen molar-refractivity contribution >= 4 is 11.0 Å². The molecule has 0 saturated carbocycles. The van der Waals surface area contributed by atoms with Gasteiger partial charge in [-0.05, 0) is 31.9 Å². The summed E-state index contributed by atoms with van der Waals surface area (Å²) in [5, 5.41) is 0. The molecule has 2 nitrogen and oxygen atoms in total. The number of unbranched alkanes of at least 4 members (excludes halogenated alkanes) is 13. The molecule has 2 aromatic rings. The highest BCUT2D eigenvalue weighted by atomic mass is 14.8. The Morgan fingerprint density at radius 2 is 1.04 bits per heavy atom. The molecule has 0 aliphatic rings. The Morgan fingerprint density at radius 3 is 1.56 bits per heavy atom. The van der Waals surface area contributed by atoms with E-state index in [1.54, 1.807) is 0 Å². The third-order valence-electron chi connectivity index (χ3n) is 5.61. The van der Waals surface area contributed by atoms with Gasteiger partial charge in [0.1, 0.15) is 0 Å². The van der Waals surface area contributed by atoms with Crippen LogP contribution in [0.5, 0.6) is 0 Å². The van der Waals surface area contributed by atoms with Gasteiger partial charge >= 0.3 is 0 Å². The lowest BCUT2D eigenvalue weighted by molar-refractivity contribution is 0.535. The van der Waals surface area contributed by atoms with Crippen LogP contribution >= 0.6 is 0 Å². The fourth-order valence-corrected chi connectivity index (χ4v) is 3.85. The Labute approximate surface area is 167 Å². The van der Waals surface area contributed by atoms with E-state index in [0.717, 1.165) is 23.1 Å². The van der Waals surface area contributed by atoms with Gasteiger partial charge in [-0.25, -0.2) is 9.97 Å². The quantitative estimate of drug-likeness (QED) is 0.298. The first kappa shape index (κ1) is 21.9. The highest BCUT2D eigenvalue weighted by molar-refractivity contribution is 5.74. The lowest BCUT2D eigenvalue weighted by Gasteiger charge is -2.07. The van der Waals surface area contributed by atoms with Crippen LogP contribution in [-0.4, -0.2) is 9.97 Å². The molecule has 1 aromatic carbocycles. The van der Waals surface area contributed by atoms with Crippen molar-refractivity contribution in [1.82, 2.24) is 9.97 Å². The van der Waals surface area contributed by atoms with Crippen LogP contribution in [0.15, 0.2) is 24.3 Å². The molecule has 2 heteroatoms. The minimum Gasteiger partial charge on any atom is -0.250 e. The second-order valence-electron chi connectivity index (χ2n) is 8.09. The minimum atomic E-state index is 1.01. The third-order valence-corrected chi connectivity index (χ3v) is 5.61. The normalized spacial score (nSPS) is 11.3. The molecule has 0 spiro atoms. The van der Waals surface area contributed by atoms with Crippen LogP contribution in [0.1, 0.15) is 108 Å². The highest BCUT2D eigenvalue weighted by Crippen LogP contribution is 2.16. The molecule has 0 aliphatic heterocycles. The molecule has 0 aliphatic carbocycles. The van der Waals surface area contributed by atoms with Crippen molar-refractivity contribution in [2.75, 3.05) is 0 Å². The summed E-state index contributed by atoms with van der Waals surface area (Å²) in [6.45, 7) is 4.39. The molecule has 0 radical (unpaired) electrons. The van der Waals surface area contributed by atoms with E-state index in [1.165, 1.54) is 95.6 Å². The summed E-state index contributed by atoms with van der Waals surface area (Å²) >= 11 is 0. The molecule has 0 fully saturated rings. The average molecular weight is 369 g/mol. The van der Waals surface area contributed by atoms with Crippen molar-refractivity contribution in [3.63, 3.8) is 0 Å². The van der Waals surface area contributed by atoms with Crippen LogP contribution in [0.2, 0.25) is 0 Å². The van der Waals surface area contributed by atoms with E-state index in [1.807, 2.05) is 18.2 Å². The summed E-state index contributed by atoms with van der Waals surface area (Å²) in [6, 6.07) is 8.19. The average Bonchev–Trinajstić information content (AvgIpc) is 2.68. The number of fused-ring (bicyclic) bond motifs is 1. The van der Waals surface area contributed by atoms with Gasteiger partial charge in [-0.1, -0.05) is 103 Å². The summed E-state index contributed by atoms with van der Waals surface area (Å²) in [5.41, 5.74) is 4.33. The topological polar surface area (TPSA) is 25.8 Å². The summed E-state index contributed by atoms with van der Waals surface area (Å²) in [5.74, 6) is 0. The zero-order valence-electron chi connectivity index (χ0n) is 17.8. The molecular formula is C25H40N2. The Morgan fingerprint density at radius 1 is 0.593 bits per heavy atom. The molecule has 1 aromatic heterocycles. The first-order chi connectivity index (χ1) is 13.3. The number of benzene rings is 1. The number of rotatable bonds is 15. The van der Waals surface area contributed by atoms with Gasteiger partial charge in [0.15, 0.2) is 0 Å². The zero-order chi connectivity index (χ0) is 19.2. The van der Waals surface area contributed by atoms with Crippen molar-refractivity contribution in [3.05, 3.63) is 35.7 Å². The van der Waals surface area contributed by atoms with Crippen molar-refractivity contribution in [1.29, 1.82) is 0 Å². The molecule has 27 heavy (non-hydrogen) atoms. The predicted octanol–water partition coefficient (Wildman–Crippen LogP) is 7.96. The largest absolute Gasteiger partial charge is 0.250 e. The van der Waals surface area contributed by atoms with Crippen molar-refractivity contribution in [2.24, 2.45) is 0 Å². The van der Waals surface area contributed by atoms with E-state index in [4.69, 9.17) is 9.97 Å². The lowest BCUT2D eigenvalue weighted by Crippen LogP contribution is -1.98. The molecule has 0 bridgehead atoms. The van der Waals surface area contributed by atoms with Gasteiger partial charge in [0.2, 0.25) is 0 Å². The summed E-state index contributed by atoms with van der Waals surface area (Å²) in [7, 11) is 0. The van der Waals surface area contributed by atoms with Gasteiger partial charge < -0.3 is 0 Å². The molecule has 0 N–H and O–H groups in total. The van der Waals surface area contributed by atoms with Gasteiger partial charge in [0.05, 0.1) is 22.4 Å². The fourth-order valence-electron chi connectivity index (χ4n) is 3.85. The zero-order valence-corrected chi connectivity index (χ0v) is 17.8. The first-order valence-electron chi connectivity index (χ1n) is 11.5. The molecule has 1 heterocycles. The standard InChI is InChI=1S/C25H40N2/c1-3-4-5-6-7-8-9-10-11-12-13-14-15-16-19-23-22(2)26-24-20-17-18-21-25(24)27-23/h17-18,20-21H,3-16,19H2,1-2H3. The number of aromatic nitrogens is 2. The number of hydrogen-bond acceptors (Lipinski definition) is 2. The maximum atomic E-state index is 4.81. The molecular weight excluding hydrogens is 328 g/mol. The third kappa shape index (κ3) is 8.86. The Hall–Kier alpha value is -1.44. The van der Waals surface area contributed by atoms with Gasteiger partial charge in [-0.15, -0.1) is 0 Å². The van der Waals surface area contributed by atoms with E-state index in [2.05, 4.69) is 19.9 Å². The van der Waals surface area contributed by atoms with Gasteiger partial charge in [0, 0.05) is 0 Å². The summed E-state index contributed by atoms with van der Waals surface area (Å²) < 4.78 is 0. The predicted molar refractivity (Wildman–Crippen MR) is 118 cm³/mol. The SMILES string of the molecule is CCCCCCCCCCCCCCCCc1nc2ccccc2nc1C. The van der Waals surface area contributed by atoms with Crippen LogP contribution in [-0.2, 0) is 6.42 Å². The molecule has 0 saturated heterocycles. The van der Waals surface area contributed by atoms with Gasteiger partial charge in [-0.2, -0.15) is 0 Å². The first-order valence-corrected chi connectivity index (χ1v) is 11.5. The molecule has 0 atom stereocenters. The molecule has 0 unspecified atom stereocenters. The van der Waals surface area contributed by atoms with Crippen LogP contribution in [0.25, 0.3) is 11.0 Å². The number of aryl methyl sites for hydroxylation is 2. The van der Waals surface area contributed by atoms with E-state index in [0.29, 0.717) is 0 Å². The molecule has 150 valence electrons. The molecule has 0 amide bonds. The van der Waals surface area contributed by atoms with E-state index in [9.17, 15) is 0 Å². The number of nitrogens with zero attached hydrogens (tertiary/aromatic N) is 2. The Bertz CT molecular complexity index is 635. The second-order valence-corrected chi connectivity index (χ2v) is 8.09. The van der Waals surface area contributed by atoms with Crippen LogP contribution in [0.3, 0.4) is 0 Å². The monoisotopic (exact) mass is 368 g/mol. The van der Waals surface area contributed by atoms with Crippen molar-refractivity contribution in [3.8, 4) is 0 Å². The van der Waals surface area contributed by atoms with Crippen LogP contribution < -0.4 is 0 Å². The number of para-hydroxylation sites is 2. The smallest absolute Gasteiger partial charge is 0.0890 e. The van der Waals surface area contributed by atoms with Gasteiger partial charge in [0.25, 0.3) is 0 Å². The van der Waals surface area contributed by atoms with Crippen LogP contribution in [0.4, 0.5) is 0 Å². The molecule has 2 rings (SSSR count). The van der Waals surface area contributed by atoms with Crippen LogP contribution in [0, 0.1) is 6.92 Å².